The van der Waals surface area contributed by atoms with Crippen LogP contribution >= 0.6 is 0 Å². The first-order valence-corrected chi connectivity index (χ1v) is 6.47. The molecule has 1 saturated carbocycles. The molecule has 1 atom stereocenters. The van der Waals surface area contributed by atoms with E-state index in [1.807, 2.05) is 0 Å². The average molecular weight is 226 g/mol. The molecule has 0 bridgehead atoms. The fourth-order valence-electron chi connectivity index (χ4n) is 1.71. The van der Waals surface area contributed by atoms with E-state index in [0.29, 0.717) is 12.6 Å². The monoisotopic (exact) mass is 226 g/mol. The quantitative estimate of drug-likeness (QED) is 0.698. The fraction of sp³-hybridized carbons (Fsp3) is 0.923. The van der Waals surface area contributed by atoms with Gasteiger partial charge in [-0.15, -0.1) is 0 Å². The third-order valence-corrected chi connectivity index (χ3v) is 3.36. The van der Waals surface area contributed by atoms with Crippen LogP contribution in [0.2, 0.25) is 0 Å². The summed E-state index contributed by atoms with van der Waals surface area (Å²) in [6.07, 6.45) is 4.92. The van der Waals surface area contributed by atoms with E-state index < -0.39 is 0 Å². The number of carbonyl (C=O) groups is 1. The Morgan fingerprint density at radius 3 is 2.56 bits per heavy atom. The molecular weight excluding hydrogens is 200 g/mol. The van der Waals surface area contributed by atoms with Gasteiger partial charge in [-0.1, -0.05) is 19.8 Å². The van der Waals surface area contributed by atoms with Gasteiger partial charge in [0.1, 0.15) is 0 Å². The summed E-state index contributed by atoms with van der Waals surface area (Å²) in [5.74, 6) is 1.02. The highest BCUT2D eigenvalue weighted by Crippen LogP contribution is 2.33. The Kier molecular flexibility index (Phi) is 4.78. The molecule has 0 radical (unpaired) electrons. The highest BCUT2D eigenvalue weighted by Gasteiger charge is 2.24. The summed E-state index contributed by atoms with van der Waals surface area (Å²) in [7, 11) is 0. The van der Waals surface area contributed by atoms with Crippen molar-refractivity contribution in [2.24, 2.45) is 5.92 Å². The first-order valence-electron chi connectivity index (χ1n) is 6.47. The van der Waals surface area contributed by atoms with Gasteiger partial charge in [-0.05, 0) is 39.5 Å². The highest BCUT2D eigenvalue weighted by molar-refractivity contribution is 5.78. The number of hydrogen-bond acceptors (Lipinski definition) is 2. The van der Waals surface area contributed by atoms with Crippen molar-refractivity contribution in [2.75, 3.05) is 6.54 Å². The lowest BCUT2D eigenvalue weighted by Gasteiger charge is -2.25. The first kappa shape index (κ1) is 13.5. The summed E-state index contributed by atoms with van der Waals surface area (Å²) in [6, 6.07) is 0.461. The molecule has 0 aromatic rings. The molecular formula is C13H26N2O. The van der Waals surface area contributed by atoms with Crippen molar-refractivity contribution < 1.29 is 4.79 Å². The van der Waals surface area contributed by atoms with E-state index in [-0.39, 0.29) is 11.4 Å². The van der Waals surface area contributed by atoms with Gasteiger partial charge in [0.15, 0.2) is 0 Å². The largest absolute Gasteiger partial charge is 0.350 e. The maximum Gasteiger partial charge on any atom is 0.234 e. The van der Waals surface area contributed by atoms with Crippen LogP contribution in [-0.2, 0) is 4.79 Å². The lowest BCUT2D eigenvalue weighted by atomic mass is 10.0. The zero-order chi connectivity index (χ0) is 12.2. The summed E-state index contributed by atoms with van der Waals surface area (Å²) in [5.41, 5.74) is -0.0848. The number of rotatable bonds is 7. The van der Waals surface area contributed by atoms with Crippen LogP contribution in [0.25, 0.3) is 0 Å². The van der Waals surface area contributed by atoms with Gasteiger partial charge in [0.2, 0.25) is 5.91 Å². The van der Waals surface area contributed by atoms with Crippen LogP contribution in [0.5, 0.6) is 0 Å². The lowest BCUT2D eigenvalue weighted by Crippen LogP contribution is -2.47. The van der Waals surface area contributed by atoms with Crippen LogP contribution in [0.1, 0.15) is 53.4 Å². The van der Waals surface area contributed by atoms with Crippen LogP contribution in [0, 0.1) is 5.92 Å². The van der Waals surface area contributed by atoms with E-state index >= 15 is 0 Å². The Bertz CT molecular complexity index is 234. The molecule has 0 heterocycles. The average Bonchev–Trinajstić information content (AvgIpc) is 2.98. The predicted octanol–water partition coefficient (Wildman–Crippen LogP) is 2.07. The molecule has 0 aromatic carbocycles. The van der Waals surface area contributed by atoms with E-state index in [1.54, 1.807) is 0 Å². The summed E-state index contributed by atoms with van der Waals surface area (Å²) >= 11 is 0. The minimum absolute atomic E-state index is 0.0848. The third kappa shape index (κ3) is 5.50. The molecule has 1 aliphatic rings. The standard InChI is InChI=1S/C13H26N2O/c1-5-13(3,4)15-12(16)9-14-10(2)8-11-6-7-11/h10-11,14H,5-9H2,1-4H3,(H,15,16). The normalized spacial score (nSPS) is 18.2. The zero-order valence-corrected chi connectivity index (χ0v) is 11.1. The second kappa shape index (κ2) is 5.67. The fourth-order valence-corrected chi connectivity index (χ4v) is 1.71. The van der Waals surface area contributed by atoms with Gasteiger partial charge in [0.05, 0.1) is 6.54 Å². The van der Waals surface area contributed by atoms with Gasteiger partial charge in [-0.25, -0.2) is 0 Å². The molecule has 3 nitrogen and oxygen atoms in total. The van der Waals surface area contributed by atoms with Gasteiger partial charge in [-0.2, -0.15) is 0 Å². The van der Waals surface area contributed by atoms with Gasteiger partial charge in [0, 0.05) is 11.6 Å². The number of hydrogen-bond donors (Lipinski definition) is 2. The Morgan fingerprint density at radius 1 is 1.44 bits per heavy atom. The highest BCUT2D eigenvalue weighted by atomic mass is 16.2. The molecule has 1 aliphatic carbocycles. The van der Waals surface area contributed by atoms with Crippen molar-refractivity contribution in [1.29, 1.82) is 0 Å². The predicted molar refractivity (Wildman–Crippen MR) is 67.3 cm³/mol. The van der Waals surface area contributed by atoms with E-state index in [0.717, 1.165) is 12.3 Å². The van der Waals surface area contributed by atoms with Gasteiger partial charge < -0.3 is 10.6 Å². The third-order valence-electron chi connectivity index (χ3n) is 3.36. The Morgan fingerprint density at radius 2 is 2.06 bits per heavy atom. The van der Waals surface area contributed by atoms with Crippen LogP contribution in [0.3, 0.4) is 0 Å². The van der Waals surface area contributed by atoms with E-state index in [2.05, 4.69) is 38.3 Å². The molecule has 94 valence electrons. The Balaban J connectivity index is 2.13. The molecule has 0 aromatic heterocycles. The minimum atomic E-state index is -0.0848. The summed E-state index contributed by atoms with van der Waals surface area (Å²) in [6.45, 7) is 8.80. The van der Waals surface area contributed by atoms with Crippen LogP contribution in [-0.4, -0.2) is 24.0 Å². The number of amides is 1. The maximum atomic E-state index is 11.6. The molecule has 2 N–H and O–H groups in total. The molecule has 1 unspecified atom stereocenters. The van der Waals surface area contributed by atoms with Gasteiger partial charge >= 0.3 is 0 Å². The smallest absolute Gasteiger partial charge is 0.234 e. The molecule has 1 fully saturated rings. The van der Waals surface area contributed by atoms with Crippen LogP contribution in [0.4, 0.5) is 0 Å². The molecule has 1 rings (SSSR count). The maximum absolute atomic E-state index is 11.6. The second-order valence-corrected chi connectivity index (χ2v) is 5.75. The molecule has 1 amide bonds. The summed E-state index contributed by atoms with van der Waals surface area (Å²) < 4.78 is 0. The van der Waals surface area contributed by atoms with Crippen molar-refractivity contribution in [3.05, 3.63) is 0 Å². The van der Waals surface area contributed by atoms with Gasteiger partial charge in [0.25, 0.3) is 0 Å². The van der Waals surface area contributed by atoms with E-state index in [1.165, 1.54) is 19.3 Å². The van der Waals surface area contributed by atoms with Crippen LogP contribution < -0.4 is 10.6 Å². The Hall–Kier alpha value is -0.570. The summed E-state index contributed by atoms with van der Waals surface area (Å²) in [4.78, 5) is 11.6. The molecule has 3 heteroatoms. The Labute approximate surface area is 99.4 Å². The van der Waals surface area contributed by atoms with Crippen molar-refractivity contribution >= 4 is 5.91 Å². The van der Waals surface area contributed by atoms with Crippen molar-refractivity contribution in [3.8, 4) is 0 Å². The van der Waals surface area contributed by atoms with E-state index in [9.17, 15) is 4.79 Å². The van der Waals surface area contributed by atoms with Crippen molar-refractivity contribution in [1.82, 2.24) is 10.6 Å². The molecule has 0 spiro atoms. The van der Waals surface area contributed by atoms with Crippen molar-refractivity contribution in [3.63, 3.8) is 0 Å². The molecule has 0 saturated heterocycles. The first-order chi connectivity index (χ1) is 7.43. The molecule has 0 aliphatic heterocycles. The lowest BCUT2D eigenvalue weighted by molar-refractivity contribution is -0.122. The number of nitrogens with one attached hydrogen (secondary N) is 2. The topological polar surface area (TPSA) is 41.1 Å². The minimum Gasteiger partial charge on any atom is -0.350 e. The second-order valence-electron chi connectivity index (χ2n) is 5.75. The SMILES string of the molecule is CCC(C)(C)NC(=O)CNC(C)CC1CC1. The van der Waals surface area contributed by atoms with Crippen molar-refractivity contribution in [2.45, 2.75) is 65.0 Å². The zero-order valence-electron chi connectivity index (χ0n) is 11.1. The summed E-state index contributed by atoms with van der Waals surface area (Å²) in [5, 5.41) is 6.32. The number of carbonyl (C=O) groups excluding carboxylic acids is 1. The van der Waals surface area contributed by atoms with Gasteiger partial charge in [-0.3, -0.25) is 4.79 Å². The van der Waals surface area contributed by atoms with Crippen LogP contribution in [0.15, 0.2) is 0 Å². The van der Waals surface area contributed by atoms with E-state index in [4.69, 9.17) is 0 Å². The molecule has 16 heavy (non-hydrogen) atoms.